The maximum absolute atomic E-state index is 13.6. The molecule has 1 aromatic heterocycles. The maximum atomic E-state index is 13.6. The zero-order valence-corrected chi connectivity index (χ0v) is 20.0. The molecule has 2 aliphatic rings. The second-order valence-electron chi connectivity index (χ2n) is 9.42. The van der Waals surface area contributed by atoms with Crippen molar-refractivity contribution < 1.29 is 32.6 Å². The number of nitrogens with one attached hydrogen (secondary N) is 1. The van der Waals surface area contributed by atoms with Crippen molar-refractivity contribution in [1.29, 1.82) is 0 Å². The molecule has 1 amide bonds. The molecule has 1 aliphatic carbocycles. The van der Waals surface area contributed by atoms with Crippen molar-refractivity contribution in [3.8, 4) is 5.75 Å². The van der Waals surface area contributed by atoms with E-state index in [9.17, 15) is 22.8 Å². The van der Waals surface area contributed by atoms with E-state index in [1.165, 1.54) is 17.3 Å². The van der Waals surface area contributed by atoms with E-state index in [2.05, 4.69) is 10.4 Å². The molecule has 2 aromatic rings. The summed E-state index contributed by atoms with van der Waals surface area (Å²) < 4.78 is 48.0. The minimum atomic E-state index is -4.56. The third kappa shape index (κ3) is 6.57. The average molecular weight is 509 g/mol. The number of carboxylic acids is 1. The van der Waals surface area contributed by atoms with Gasteiger partial charge in [-0.3, -0.25) is 14.3 Å². The van der Waals surface area contributed by atoms with Gasteiger partial charge in [-0.25, -0.2) is 0 Å². The summed E-state index contributed by atoms with van der Waals surface area (Å²) in [6.07, 6.45) is 2.84. The number of rotatable bonds is 10. The van der Waals surface area contributed by atoms with Gasteiger partial charge in [-0.05, 0) is 48.9 Å². The number of aromatic nitrogens is 2. The summed E-state index contributed by atoms with van der Waals surface area (Å²) in [5, 5.41) is 15.3. The summed E-state index contributed by atoms with van der Waals surface area (Å²) in [6, 6.07) is 5.12. The van der Waals surface area contributed by atoms with Gasteiger partial charge in [0.05, 0.1) is 13.0 Å². The lowest BCUT2D eigenvalue weighted by Crippen LogP contribution is -2.37. The number of hydrogen-bond donors (Lipinski definition) is 2. The third-order valence-corrected chi connectivity index (χ3v) is 6.71. The molecule has 2 N–H and O–H groups in total. The first-order valence-electron chi connectivity index (χ1n) is 12.3. The first-order chi connectivity index (χ1) is 17.2. The number of benzene rings is 1. The molecule has 1 aliphatic heterocycles. The Labute approximate surface area is 207 Å². The number of halogens is 3. The van der Waals surface area contributed by atoms with Crippen molar-refractivity contribution in [2.24, 2.45) is 5.92 Å². The second kappa shape index (κ2) is 11.3. The highest BCUT2D eigenvalue weighted by molar-refractivity contribution is 5.96. The van der Waals surface area contributed by atoms with Gasteiger partial charge in [0.25, 0.3) is 0 Å². The zero-order valence-electron chi connectivity index (χ0n) is 20.0. The summed E-state index contributed by atoms with van der Waals surface area (Å²) in [5.74, 6) is -0.333. The van der Waals surface area contributed by atoms with Crippen molar-refractivity contribution in [3.05, 3.63) is 41.2 Å². The van der Waals surface area contributed by atoms with Crippen LogP contribution in [0.1, 0.15) is 55.3 Å². The number of hydrogen-bond acceptors (Lipinski definition) is 5. The van der Waals surface area contributed by atoms with E-state index in [0.29, 0.717) is 31.2 Å². The van der Waals surface area contributed by atoms with Crippen LogP contribution >= 0.6 is 0 Å². The van der Waals surface area contributed by atoms with E-state index < -0.39 is 17.8 Å². The molecule has 0 atom stereocenters. The van der Waals surface area contributed by atoms with Crippen molar-refractivity contribution in [3.63, 3.8) is 0 Å². The summed E-state index contributed by atoms with van der Waals surface area (Å²) in [6.45, 7) is 0.928. The number of anilines is 1. The molecular weight excluding hydrogens is 477 g/mol. The number of aliphatic carboxylic acids is 1. The van der Waals surface area contributed by atoms with E-state index in [4.69, 9.17) is 9.84 Å². The molecule has 0 unspecified atom stereocenters. The Morgan fingerprint density at radius 3 is 2.69 bits per heavy atom. The number of carbonyl (C=O) groups is 2. The Kier molecular flexibility index (Phi) is 8.17. The Balaban J connectivity index is 1.38. The van der Waals surface area contributed by atoms with Crippen molar-refractivity contribution in [2.75, 3.05) is 24.5 Å². The third-order valence-electron chi connectivity index (χ3n) is 6.71. The Hall–Kier alpha value is -3.08. The molecule has 36 heavy (non-hydrogen) atoms. The van der Waals surface area contributed by atoms with Crippen LogP contribution in [0.3, 0.4) is 0 Å². The lowest BCUT2D eigenvalue weighted by molar-refractivity contribution is -0.142. The number of carbonyl (C=O) groups excluding carboxylic acids is 1. The van der Waals surface area contributed by atoms with Crippen LogP contribution < -0.4 is 15.0 Å². The van der Waals surface area contributed by atoms with Crippen molar-refractivity contribution >= 4 is 17.6 Å². The average Bonchev–Trinajstić information content (AvgIpc) is 3.44. The van der Waals surface area contributed by atoms with Crippen LogP contribution in [0.4, 0.5) is 18.9 Å². The summed E-state index contributed by atoms with van der Waals surface area (Å²) in [7, 11) is 0. The van der Waals surface area contributed by atoms with E-state index in [0.717, 1.165) is 36.9 Å². The monoisotopic (exact) mass is 508 g/mol. The predicted molar refractivity (Wildman–Crippen MR) is 126 cm³/mol. The fourth-order valence-electron chi connectivity index (χ4n) is 4.91. The topological polar surface area (TPSA) is 96.7 Å². The molecule has 2 heterocycles. The molecule has 8 nitrogen and oxygen atoms in total. The minimum Gasteiger partial charge on any atom is -0.489 e. The van der Waals surface area contributed by atoms with Crippen molar-refractivity contribution in [2.45, 2.75) is 64.3 Å². The highest BCUT2D eigenvalue weighted by atomic mass is 19.4. The Morgan fingerprint density at radius 2 is 1.97 bits per heavy atom. The first-order valence-corrected chi connectivity index (χ1v) is 12.3. The van der Waals surface area contributed by atoms with Crippen molar-refractivity contribution in [1.82, 2.24) is 15.1 Å². The van der Waals surface area contributed by atoms with Gasteiger partial charge in [0.2, 0.25) is 5.91 Å². The zero-order chi connectivity index (χ0) is 25.7. The lowest BCUT2D eigenvalue weighted by atomic mass is 9.89. The van der Waals surface area contributed by atoms with Crippen LogP contribution in [-0.4, -0.2) is 46.4 Å². The molecule has 196 valence electrons. The predicted octanol–water partition coefficient (Wildman–Crippen LogP) is 4.01. The van der Waals surface area contributed by atoms with E-state index in [1.807, 2.05) is 0 Å². The molecule has 1 saturated carbocycles. The first kappa shape index (κ1) is 26.0. The van der Waals surface area contributed by atoms with Gasteiger partial charge in [0, 0.05) is 37.1 Å². The van der Waals surface area contributed by atoms with Crippen LogP contribution in [-0.2, 0) is 35.3 Å². The molecule has 1 aromatic carbocycles. The van der Waals surface area contributed by atoms with Gasteiger partial charge in [-0.15, -0.1) is 0 Å². The lowest BCUT2D eigenvalue weighted by Gasteiger charge is -2.21. The molecule has 11 heteroatoms. The number of ether oxygens (including phenoxy) is 1. The quantitative estimate of drug-likeness (QED) is 0.471. The normalized spacial score (nSPS) is 16.2. The molecule has 1 fully saturated rings. The van der Waals surface area contributed by atoms with E-state index in [1.54, 1.807) is 23.1 Å². The minimum absolute atomic E-state index is 0.00282. The van der Waals surface area contributed by atoms with Crippen LogP contribution in [0.25, 0.3) is 0 Å². The summed E-state index contributed by atoms with van der Waals surface area (Å²) in [5.41, 5.74) is 0.689. The van der Waals surface area contributed by atoms with Crippen LogP contribution in [0.5, 0.6) is 5.75 Å². The SMILES string of the molecule is O=C(O)CCNCC(=O)N1CCc2cc(OCc3cn(CC4CCCCC4)nc3C(F)(F)F)ccc21. The van der Waals surface area contributed by atoms with Gasteiger partial charge >= 0.3 is 12.1 Å². The van der Waals surface area contributed by atoms with Gasteiger partial charge < -0.3 is 20.1 Å². The number of fused-ring (bicyclic) bond motifs is 1. The number of carboxylic acid groups (broad SMARTS) is 1. The van der Waals surface area contributed by atoms with E-state index in [-0.39, 0.29) is 37.6 Å². The van der Waals surface area contributed by atoms with Crippen LogP contribution in [0.2, 0.25) is 0 Å². The standard InChI is InChI=1S/C25H31F3N4O4/c26-25(27,28)24-19(15-31(30-24)14-17-4-2-1-3-5-17)16-36-20-6-7-21-18(12-20)9-11-32(21)22(33)13-29-10-8-23(34)35/h6-7,12,15,17,29H,1-5,8-11,13-14,16H2,(H,34,35). The fourth-order valence-corrected chi connectivity index (χ4v) is 4.91. The van der Waals surface area contributed by atoms with Crippen LogP contribution in [0.15, 0.2) is 24.4 Å². The highest BCUT2D eigenvalue weighted by Gasteiger charge is 2.37. The van der Waals surface area contributed by atoms with Crippen LogP contribution in [0, 0.1) is 5.92 Å². The summed E-state index contributed by atoms with van der Waals surface area (Å²) >= 11 is 0. The highest BCUT2D eigenvalue weighted by Crippen LogP contribution is 2.34. The van der Waals surface area contributed by atoms with E-state index >= 15 is 0 Å². The van der Waals surface area contributed by atoms with Gasteiger partial charge in [0.15, 0.2) is 5.69 Å². The molecular formula is C25H31F3N4O4. The van der Waals surface area contributed by atoms with Gasteiger partial charge in [-0.1, -0.05) is 19.3 Å². The number of amides is 1. The number of alkyl halides is 3. The molecule has 0 spiro atoms. The Morgan fingerprint density at radius 1 is 1.19 bits per heavy atom. The number of nitrogens with zero attached hydrogens (tertiary/aromatic N) is 3. The molecule has 0 radical (unpaired) electrons. The molecule has 4 rings (SSSR count). The molecule has 0 saturated heterocycles. The van der Waals surface area contributed by atoms with Gasteiger partial charge in [-0.2, -0.15) is 18.3 Å². The van der Waals surface area contributed by atoms with Gasteiger partial charge in [0.1, 0.15) is 12.4 Å². The summed E-state index contributed by atoms with van der Waals surface area (Å²) in [4.78, 5) is 24.7. The smallest absolute Gasteiger partial charge is 0.435 e. The second-order valence-corrected chi connectivity index (χ2v) is 9.42. The Bertz CT molecular complexity index is 1080. The molecule has 0 bridgehead atoms. The largest absolute Gasteiger partial charge is 0.489 e. The fraction of sp³-hybridized carbons (Fsp3) is 0.560. The maximum Gasteiger partial charge on any atom is 0.435 e.